The van der Waals surface area contributed by atoms with Crippen molar-refractivity contribution >= 4 is 0 Å². The third-order valence-corrected chi connectivity index (χ3v) is 4.50. The minimum atomic E-state index is 0.233. The van der Waals surface area contributed by atoms with E-state index in [1.165, 1.54) is 12.8 Å². The van der Waals surface area contributed by atoms with Gasteiger partial charge in [-0.25, -0.2) is 4.98 Å². The van der Waals surface area contributed by atoms with Crippen molar-refractivity contribution in [1.29, 1.82) is 0 Å². The van der Waals surface area contributed by atoms with E-state index in [2.05, 4.69) is 20.5 Å². The number of likely N-dealkylation sites (tertiary alicyclic amines) is 1. The molecule has 0 aliphatic carbocycles. The van der Waals surface area contributed by atoms with Crippen LogP contribution in [0.4, 0.5) is 0 Å². The highest BCUT2D eigenvalue weighted by Crippen LogP contribution is 2.29. The third-order valence-electron chi connectivity index (χ3n) is 4.50. The van der Waals surface area contributed by atoms with Crippen LogP contribution in [-0.4, -0.2) is 27.5 Å². The van der Waals surface area contributed by atoms with Crippen LogP contribution in [0.1, 0.15) is 30.4 Å². The summed E-state index contributed by atoms with van der Waals surface area (Å²) in [6.07, 6.45) is 8.11. The van der Waals surface area contributed by atoms with Crippen LogP contribution in [0.2, 0.25) is 0 Å². The molecule has 4 heterocycles. The number of furan rings is 2. The molecule has 0 N–H and O–H groups in total. The number of hydrogen-bond acceptors (Lipinski definition) is 4. The second-order valence-corrected chi connectivity index (χ2v) is 6.09. The molecule has 0 amide bonds. The number of rotatable bonds is 5. The Morgan fingerprint density at radius 3 is 2.78 bits per heavy atom. The van der Waals surface area contributed by atoms with Crippen LogP contribution < -0.4 is 0 Å². The van der Waals surface area contributed by atoms with E-state index in [9.17, 15) is 0 Å². The first-order valence-electron chi connectivity index (χ1n) is 8.16. The lowest BCUT2D eigenvalue weighted by atomic mass is 10.2. The first kappa shape index (κ1) is 14.3. The molecule has 1 fully saturated rings. The molecule has 3 aromatic heterocycles. The largest absolute Gasteiger partial charge is 0.468 e. The van der Waals surface area contributed by atoms with Crippen molar-refractivity contribution in [2.75, 3.05) is 13.1 Å². The van der Waals surface area contributed by atoms with Crippen LogP contribution in [0.25, 0.3) is 11.6 Å². The van der Waals surface area contributed by atoms with E-state index < -0.39 is 0 Å². The van der Waals surface area contributed by atoms with Crippen LogP contribution in [0, 0.1) is 6.92 Å². The molecule has 0 spiro atoms. The molecule has 4 rings (SSSR count). The third kappa shape index (κ3) is 2.84. The number of imidazole rings is 1. The Kier molecular flexibility index (Phi) is 3.79. The summed E-state index contributed by atoms with van der Waals surface area (Å²) >= 11 is 0. The molecule has 5 nitrogen and oxygen atoms in total. The Morgan fingerprint density at radius 1 is 1.22 bits per heavy atom. The Morgan fingerprint density at radius 2 is 2.09 bits per heavy atom. The molecule has 5 heteroatoms. The highest BCUT2D eigenvalue weighted by atomic mass is 16.3. The molecule has 1 saturated heterocycles. The Labute approximate surface area is 135 Å². The van der Waals surface area contributed by atoms with Gasteiger partial charge in [-0.1, -0.05) is 0 Å². The summed E-state index contributed by atoms with van der Waals surface area (Å²) in [5, 5.41) is 0. The Hall–Kier alpha value is -2.27. The van der Waals surface area contributed by atoms with E-state index >= 15 is 0 Å². The van der Waals surface area contributed by atoms with Crippen LogP contribution in [0.15, 0.2) is 51.8 Å². The highest BCUT2D eigenvalue weighted by molar-refractivity contribution is 5.47. The minimum Gasteiger partial charge on any atom is -0.468 e. The lowest BCUT2D eigenvalue weighted by Crippen LogP contribution is -2.29. The quantitative estimate of drug-likeness (QED) is 0.717. The van der Waals surface area contributed by atoms with Crippen LogP contribution in [-0.2, 0) is 6.54 Å². The van der Waals surface area contributed by atoms with E-state index in [0.29, 0.717) is 0 Å². The molecule has 0 bridgehead atoms. The van der Waals surface area contributed by atoms with E-state index in [1.54, 1.807) is 6.26 Å². The SMILES string of the molecule is Cc1ccc(-c2nccn2C[C@@H](c2ccco2)N2CCCC2)o1. The summed E-state index contributed by atoms with van der Waals surface area (Å²) in [6, 6.07) is 8.21. The number of nitrogens with zero attached hydrogens (tertiary/aromatic N) is 3. The van der Waals surface area contributed by atoms with Gasteiger partial charge in [0.15, 0.2) is 11.6 Å². The summed E-state index contributed by atoms with van der Waals surface area (Å²) in [5.41, 5.74) is 0. The fourth-order valence-electron chi connectivity index (χ4n) is 3.34. The molecule has 3 aromatic rings. The standard InChI is InChI=1S/C18H21N3O2/c1-14-6-7-17(23-14)18-19-8-11-21(18)13-15(16-5-4-12-22-16)20-9-2-3-10-20/h4-8,11-12,15H,2-3,9-10,13H2,1H3/t15-/m0/s1. The second kappa shape index (κ2) is 6.08. The molecule has 0 unspecified atom stereocenters. The van der Waals surface area contributed by atoms with E-state index in [-0.39, 0.29) is 6.04 Å². The lowest BCUT2D eigenvalue weighted by molar-refractivity contribution is 0.194. The van der Waals surface area contributed by atoms with Gasteiger partial charge in [-0.2, -0.15) is 0 Å². The van der Waals surface area contributed by atoms with Gasteiger partial charge in [-0.15, -0.1) is 0 Å². The molecule has 120 valence electrons. The summed E-state index contributed by atoms with van der Waals surface area (Å²) in [4.78, 5) is 6.98. The maximum Gasteiger partial charge on any atom is 0.176 e. The Balaban J connectivity index is 1.63. The topological polar surface area (TPSA) is 47.3 Å². The molecule has 1 aliphatic rings. The van der Waals surface area contributed by atoms with Crippen LogP contribution in [0.3, 0.4) is 0 Å². The molecule has 1 aliphatic heterocycles. The van der Waals surface area contributed by atoms with Crippen LogP contribution in [0.5, 0.6) is 0 Å². The molecule has 0 aromatic carbocycles. The van der Waals surface area contributed by atoms with Crippen molar-refractivity contribution in [2.24, 2.45) is 0 Å². The van der Waals surface area contributed by atoms with Gasteiger partial charge in [0.2, 0.25) is 0 Å². The van der Waals surface area contributed by atoms with Crippen molar-refractivity contribution in [1.82, 2.24) is 14.5 Å². The predicted octanol–water partition coefficient (Wildman–Crippen LogP) is 3.88. The highest BCUT2D eigenvalue weighted by Gasteiger charge is 2.27. The molecule has 0 saturated carbocycles. The van der Waals surface area contributed by atoms with Gasteiger partial charge in [-0.05, 0) is 57.1 Å². The summed E-state index contributed by atoms with van der Waals surface area (Å²) in [6.45, 7) is 5.00. The van der Waals surface area contributed by atoms with Gasteiger partial charge in [0.25, 0.3) is 0 Å². The van der Waals surface area contributed by atoms with Crippen molar-refractivity contribution in [2.45, 2.75) is 32.4 Å². The van der Waals surface area contributed by atoms with Crippen LogP contribution >= 0.6 is 0 Å². The zero-order valence-electron chi connectivity index (χ0n) is 13.3. The molecule has 0 radical (unpaired) electrons. The number of aryl methyl sites for hydroxylation is 1. The fraction of sp³-hybridized carbons (Fsp3) is 0.389. The monoisotopic (exact) mass is 311 g/mol. The van der Waals surface area contributed by atoms with Gasteiger partial charge in [0.1, 0.15) is 11.5 Å². The molecule has 23 heavy (non-hydrogen) atoms. The van der Waals surface area contributed by atoms with Crippen molar-refractivity contribution < 1.29 is 8.83 Å². The summed E-state index contributed by atoms with van der Waals surface area (Å²) in [5.74, 6) is 3.60. The molecular weight excluding hydrogens is 290 g/mol. The Bertz CT molecular complexity index is 751. The number of hydrogen-bond donors (Lipinski definition) is 0. The first-order chi connectivity index (χ1) is 11.3. The van der Waals surface area contributed by atoms with Crippen molar-refractivity contribution in [3.8, 4) is 11.6 Å². The average molecular weight is 311 g/mol. The maximum atomic E-state index is 5.75. The van der Waals surface area contributed by atoms with Gasteiger partial charge in [0.05, 0.1) is 12.3 Å². The smallest absolute Gasteiger partial charge is 0.176 e. The van der Waals surface area contributed by atoms with Gasteiger partial charge in [0, 0.05) is 18.9 Å². The molecular formula is C18H21N3O2. The molecule has 1 atom stereocenters. The minimum absolute atomic E-state index is 0.233. The first-order valence-corrected chi connectivity index (χ1v) is 8.16. The fourth-order valence-corrected chi connectivity index (χ4v) is 3.34. The lowest BCUT2D eigenvalue weighted by Gasteiger charge is -2.26. The van der Waals surface area contributed by atoms with Gasteiger partial charge in [-0.3, -0.25) is 4.90 Å². The number of aromatic nitrogens is 2. The van der Waals surface area contributed by atoms with Crippen molar-refractivity contribution in [3.05, 3.63) is 54.4 Å². The van der Waals surface area contributed by atoms with Crippen molar-refractivity contribution in [3.63, 3.8) is 0 Å². The zero-order chi connectivity index (χ0) is 15.6. The van der Waals surface area contributed by atoms with E-state index in [1.807, 2.05) is 37.5 Å². The summed E-state index contributed by atoms with van der Waals surface area (Å²) in [7, 11) is 0. The van der Waals surface area contributed by atoms with E-state index in [0.717, 1.165) is 42.7 Å². The normalized spacial score (nSPS) is 16.9. The zero-order valence-corrected chi connectivity index (χ0v) is 13.3. The van der Waals surface area contributed by atoms with E-state index in [4.69, 9.17) is 8.83 Å². The summed E-state index contributed by atoms with van der Waals surface area (Å²) < 4.78 is 13.6. The maximum absolute atomic E-state index is 5.75. The van der Waals surface area contributed by atoms with Gasteiger partial charge < -0.3 is 13.4 Å². The second-order valence-electron chi connectivity index (χ2n) is 6.09. The van der Waals surface area contributed by atoms with Gasteiger partial charge >= 0.3 is 0 Å². The average Bonchev–Trinajstić information content (AvgIpc) is 3.32. The predicted molar refractivity (Wildman–Crippen MR) is 86.9 cm³/mol.